The van der Waals surface area contributed by atoms with E-state index < -0.39 is 0 Å². The van der Waals surface area contributed by atoms with Gasteiger partial charge in [-0.05, 0) is 31.3 Å². The van der Waals surface area contributed by atoms with Crippen LogP contribution in [0.1, 0.15) is 31.4 Å². The molecule has 0 aliphatic carbocycles. The van der Waals surface area contributed by atoms with Gasteiger partial charge in [0.05, 0.1) is 5.60 Å². The van der Waals surface area contributed by atoms with Gasteiger partial charge in [-0.15, -0.1) is 0 Å². The van der Waals surface area contributed by atoms with Crippen molar-refractivity contribution < 1.29 is 4.65 Å². The Balaban J connectivity index is 2.56. The molecule has 1 aromatic rings. The highest BCUT2D eigenvalue weighted by Crippen LogP contribution is 2.34. The van der Waals surface area contributed by atoms with Gasteiger partial charge in [-0.3, -0.25) is 0 Å². The summed E-state index contributed by atoms with van der Waals surface area (Å²) in [4.78, 5) is 0. The Morgan fingerprint density at radius 3 is 2.79 bits per heavy atom. The zero-order valence-electron chi connectivity index (χ0n) is 9.42. The SMILES string of the molecule is CCC1(C)OB(C)c2ccc(C)cc21. The van der Waals surface area contributed by atoms with Crippen molar-refractivity contribution in [2.24, 2.45) is 0 Å². The Hall–Kier alpha value is -0.755. The van der Waals surface area contributed by atoms with Crippen LogP contribution in [-0.2, 0) is 10.3 Å². The highest BCUT2D eigenvalue weighted by Gasteiger charge is 2.39. The Morgan fingerprint density at radius 1 is 1.43 bits per heavy atom. The van der Waals surface area contributed by atoms with Gasteiger partial charge in [-0.25, -0.2) is 0 Å². The predicted octanol–water partition coefficient (Wildman–Crippen LogP) is 2.48. The van der Waals surface area contributed by atoms with Crippen LogP contribution < -0.4 is 5.46 Å². The van der Waals surface area contributed by atoms with E-state index in [1.807, 2.05) is 0 Å². The molecular weight excluding hydrogens is 171 g/mol. The van der Waals surface area contributed by atoms with Crippen LogP contribution in [0.4, 0.5) is 0 Å². The molecule has 1 aromatic carbocycles. The van der Waals surface area contributed by atoms with E-state index in [9.17, 15) is 0 Å². The van der Waals surface area contributed by atoms with Crippen LogP contribution >= 0.6 is 0 Å². The molecule has 1 unspecified atom stereocenters. The van der Waals surface area contributed by atoms with Crippen molar-refractivity contribution in [1.29, 1.82) is 0 Å². The van der Waals surface area contributed by atoms with Crippen LogP contribution in [-0.4, -0.2) is 6.92 Å². The first kappa shape index (κ1) is 9.79. The maximum atomic E-state index is 6.02. The van der Waals surface area contributed by atoms with Crippen LogP contribution in [0.3, 0.4) is 0 Å². The van der Waals surface area contributed by atoms with E-state index in [0.29, 0.717) is 0 Å². The number of aryl methyl sites for hydroxylation is 1. The molecule has 2 heteroatoms. The average Bonchev–Trinajstić information content (AvgIpc) is 2.40. The largest absolute Gasteiger partial charge is 0.422 e. The maximum absolute atomic E-state index is 6.02. The van der Waals surface area contributed by atoms with Gasteiger partial charge in [0.15, 0.2) is 0 Å². The minimum Gasteiger partial charge on any atom is -0.422 e. The van der Waals surface area contributed by atoms with Gasteiger partial charge in [0, 0.05) is 0 Å². The molecule has 14 heavy (non-hydrogen) atoms. The third-order valence-electron chi connectivity index (χ3n) is 3.33. The van der Waals surface area contributed by atoms with Crippen molar-refractivity contribution >= 4 is 12.4 Å². The third-order valence-corrected chi connectivity index (χ3v) is 3.33. The fourth-order valence-electron chi connectivity index (χ4n) is 2.27. The summed E-state index contributed by atoms with van der Waals surface area (Å²) >= 11 is 0. The number of hydrogen-bond acceptors (Lipinski definition) is 1. The summed E-state index contributed by atoms with van der Waals surface area (Å²) in [6, 6.07) is 6.64. The fraction of sp³-hybridized carbons (Fsp3) is 0.500. The first-order valence-electron chi connectivity index (χ1n) is 5.35. The maximum Gasteiger partial charge on any atom is 0.325 e. The normalized spacial score (nSPS) is 25.3. The molecule has 0 saturated carbocycles. The van der Waals surface area contributed by atoms with E-state index in [1.54, 1.807) is 0 Å². The quantitative estimate of drug-likeness (QED) is 0.615. The summed E-state index contributed by atoms with van der Waals surface area (Å²) in [5.41, 5.74) is 3.99. The van der Waals surface area contributed by atoms with Crippen LogP contribution in [0.2, 0.25) is 6.82 Å². The van der Waals surface area contributed by atoms with E-state index in [2.05, 4.69) is 45.8 Å². The van der Waals surface area contributed by atoms with Crippen molar-refractivity contribution in [3.63, 3.8) is 0 Å². The second-order valence-corrected chi connectivity index (χ2v) is 4.44. The highest BCUT2D eigenvalue weighted by atomic mass is 16.5. The summed E-state index contributed by atoms with van der Waals surface area (Å²) < 4.78 is 6.02. The number of rotatable bonds is 1. The number of benzene rings is 1. The Kier molecular flexibility index (Phi) is 2.19. The summed E-state index contributed by atoms with van der Waals surface area (Å²) in [5.74, 6) is 0. The van der Waals surface area contributed by atoms with E-state index in [0.717, 1.165) is 6.42 Å². The van der Waals surface area contributed by atoms with Gasteiger partial charge in [0.2, 0.25) is 0 Å². The lowest BCUT2D eigenvalue weighted by molar-refractivity contribution is 0.0965. The molecule has 1 atom stereocenters. The molecular formula is C12H17BO. The molecule has 0 fully saturated rings. The summed E-state index contributed by atoms with van der Waals surface area (Å²) in [6.45, 7) is 8.89. The summed E-state index contributed by atoms with van der Waals surface area (Å²) in [7, 11) is 0. The lowest BCUT2D eigenvalue weighted by Gasteiger charge is -2.24. The predicted molar refractivity (Wildman–Crippen MR) is 61.2 cm³/mol. The van der Waals surface area contributed by atoms with E-state index >= 15 is 0 Å². The van der Waals surface area contributed by atoms with Crippen LogP contribution in [0.25, 0.3) is 0 Å². The zero-order valence-corrected chi connectivity index (χ0v) is 9.42. The standard InChI is InChI=1S/C12H17BO/c1-5-12(3)10-8-9(2)6-7-11(10)13(4)14-12/h6-8H,5H2,1-4H3. The van der Waals surface area contributed by atoms with E-state index in [4.69, 9.17) is 4.65 Å². The first-order valence-corrected chi connectivity index (χ1v) is 5.35. The van der Waals surface area contributed by atoms with Crippen molar-refractivity contribution in [2.45, 2.75) is 39.6 Å². The molecule has 0 saturated heterocycles. The van der Waals surface area contributed by atoms with Crippen LogP contribution in [0.5, 0.6) is 0 Å². The van der Waals surface area contributed by atoms with Crippen molar-refractivity contribution in [3.8, 4) is 0 Å². The van der Waals surface area contributed by atoms with Crippen molar-refractivity contribution in [2.75, 3.05) is 0 Å². The molecule has 1 nitrogen and oxygen atoms in total. The first-order chi connectivity index (χ1) is 6.57. The smallest absolute Gasteiger partial charge is 0.325 e. The highest BCUT2D eigenvalue weighted by molar-refractivity contribution is 6.67. The molecule has 0 bridgehead atoms. The van der Waals surface area contributed by atoms with Gasteiger partial charge in [0.1, 0.15) is 0 Å². The van der Waals surface area contributed by atoms with Crippen LogP contribution in [0, 0.1) is 6.92 Å². The minimum atomic E-state index is -0.0687. The second-order valence-electron chi connectivity index (χ2n) is 4.44. The molecule has 1 aliphatic rings. The number of hydrogen-bond donors (Lipinski definition) is 0. The molecule has 0 N–H and O–H groups in total. The Labute approximate surface area is 86.6 Å². The molecule has 0 spiro atoms. The second kappa shape index (κ2) is 3.13. The summed E-state index contributed by atoms with van der Waals surface area (Å²) in [5, 5.41) is 0. The zero-order chi connectivity index (χ0) is 10.3. The number of fused-ring (bicyclic) bond motifs is 1. The van der Waals surface area contributed by atoms with Gasteiger partial charge in [-0.1, -0.05) is 37.5 Å². The van der Waals surface area contributed by atoms with E-state index in [-0.39, 0.29) is 12.5 Å². The Bertz CT molecular complexity index is 361. The molecule has 1 aliphatic heterocycles. The molecule has 0 radical (unpaired) electrons. The third kappa shape index (κ3) is 1.29. The molecule has 1 heterocycles. The lowest BCUT2D eigenvalue weighted by Crippen LogP contribution is -2.25. The van der Waals surface area contributed by atoms with Gasteiger partial charge < -0.3 is 4.65 Å². The van der Waals surface area contributed by atoms with Crippen molar-refractivity contribution in [3.05, 3.63) is 29.3 Å². The minimum absolute atomic E-state index is 0.0687. The monoisotopic (exact) mass is 188 g/mol. The van der Waals surface area contributed by atoms with Crippen LogP contribution in [0.15, 0.2) is 18.2 Å². The molecule has 0 amide bonds. The summed E-state index contributed by atoms with van der Waals surface area (Å²) in [6.07, 6.45) is 1.04. The average molecular weight is 188 g/mol. The fourth-order valence-corrected chi connectivity index (χ4v) is 2.27. The van der Waals surface area contributed by atoms with E-state index in [1.165, 1.54) is 16.6 Å². The topological polar surface area (TPSA) is 9.23 Å². The van der Waals surface area contributed by atoms with Gasteiger partial charge >= 0.3 is 6.92 Å². The van der Waals surface area contributed by atoms with Crippen molar-refractivity contribution in [1.82, 2.24) is 0 Å². The molecule has 74 valence electrons. The lowest BCUT2D eigenvalue weighted by atomic mass is 9.64. The molecule has 2 rings (SSSR count). The van der Waals surface area contributed by atoms with Gasteiger partial charge in [0.25, 0.3) is 0 Å². The Morgan fingerprint density at radius 2 is 2.14 bits per heavy atom. The molecule has 0 aromatic heterocycles. The van der Waals surface area contributed by atoms with Gasteiger partial charge in [-0.2, -0.15) is 0 Å².